The van der Waals surface area contributed by atoms with E-state index >= 15 is 0 Å². The lowest BCUT2D eigenvalue weighted by Crippen LogP contribution is -2.63. The molecule has 39 heavy (non-hydrogen) atoms. The number of hydrogen-bond acceptors (Lipinski definition) is 7. The van der Waals surface area contributed by atoms with Crippen molar-refractivity contribution >= 4 is 5.97 Å². The van der Waals surface area contributed by atoms with Crippen molar-refractivity contribution in [3.05, 3.63) is 0 Å². The van der Waals surface area contributed by atoms with E-state index in [-0.39, 0.29) is 64.8 Å². The molecule has 0 saturated heterocycles. The highest BCUT2D eigenvalue weighted by Crippen LogP contribution is 2.89. The molecule has 0 aromatic rings. The van der Waals surface area contributed by atoms with Crippen LogP contribution in [-0.2, 0) is 9.53 Å². The van der Waals surface area contributed by atoms with Gasteiger partial charge < -0.3 is 30.3 Å². The van der Waals surface area contributed by atoms with E-state index in [2.05, 4.69) is 20.8 Å². The molecule has 0 radical (unpaired) electrons. The summed E-state index contributed by atoms with van der Waals surface area (Å²) in [7, 11) is 1.40. The quantitative estimate of drug-likeness (QED) is 0.306. The molecule has 5 aliphatic rings. The summed E-state index contributed by atoms with van der Waals surface area (Å²) in [5, 5.41) is 54.9. The first-order valence-corrected chi connectivity index (χ1v) is 15.5. The van der Waals surface area contributed by atoms with Gasteiger partial charge in [-0.25, -0.2) is 0 Å². The first-order chi connectivity index (χ1) is 18.1. The summed E-state index contributed by atoms with van der Waals surface area (Å²) in [6.45, 7) is 12.3. The van der Waals surface area contributed by atoms with Gasteiger partial charge in [-0.3, -0.25) is 4.79 Å². The van der Waals surface area contributed by atoms with Gasteiger partial charge in [0.15, 0.2) is 0 Å². The Kier molecular flexibility index (Phi) is 6.97. The molecule has 5 saturated carbocycles. The van der Waals surface area contributed by atoms with E-state index in [0.29, 0.717) is 11.8 Å². The zero-order valence-corrected chi connectivity index (χ0v) is 25.2. The number of fused-ring (bicyclic) bond motifs is 2. The molecular formula is C32H54O7. The largest absolute Gasteiger partial charge is 0.469 e. The molecular weight excluding hydrogens is 496 g/mol. The van der Waals surface area contributed by atoms with Crippen molar-refractivity contribution < 1.29 is 35.1 Å². The van der Waals surface area contributed by atoms with Crippen LogP contribution in [0.5, 0.6) is 0 Å². The van der Waals surface area contributed by atoms with Gasteiger partial charge in [0.25, 0.3) is 0 Å². The standard InChI is InChI=1S/C32H54O7/c1-18(2)31(38,17-33)15-21(34)19(3)20-10-11-28(5)22-8-9-23-29(6,26(37)39-7)24(35)14-25(36)32(23)16-30(22,32)13-12-27(20,28)4/h18-25,33-36,38H,8-17H2,1-7H3/t19-,20+,21+,22-,23?,24-,25-,27+,28-,29-,30-,31+,32+/m0/s1. The Labute approximate surface area is 234 Å². The van der Waals surface area contributed by atoms with Crippen molar-refractivity contribution in [2.24, 2.45) is 56.7 Å². The Morgan fingerprint density at radius 3 is 2.21 bits per heavy atom. The summed E-state index contributed by atoms with van der Waals surface area (Å²) in [5.41, 5.74) is -2.60. The van der Waals surface area contributed by atoms with Gasteiger partial charge in [-0.05, 0) is 97.7 Å². The molecule has 0 heterocycles. The van der Waals surface area contributed by atoms with E-state index in [1.807, 2.05) is 20.8 Å². The number of carbonyl (C=O) groups excluding carboxylic acids is 1. The van der Waals surface area contributed by atoms with Crippen molar-refractivity contribution in [3.8, 4) is 0 Å². The summed E-state index contributed by atoms with van der Waals surface area (Å²) < 4.78 is 5.23. The normalized spacial score (nSPS) is 51.6. The summed E-state index contributed by atoms with van der Waals surface area (Å²) in [4.78, 5) is 13.1. The summed E-state index contributed by atoms with van der Waals surface area (Å²) >= 11 is 0. The van der Waals surface area contributed by atoms with Crippen LogP contribution >= 0.6 is 0 Å². The molecule has 224 valence electrons. The number of esters is 1. The molecule has 5 rings (SSSR count). The fourth-order valence-electron chi connectivity index (χ4n) is 11.8. The molecule has 0 amide bonds. The Bertz CT molecular complexity index is 986. The predicted molar refractivity (Wildman–Crippen MR) is 147 cm³/mol. The van der Waals surface area contributed by atoms with Crippen molar-refractivity contribution in [1.82, 2.24) is 0 Å². The second kappa shape index (κ2) is 9.13. The number of hydrogen-bond donors (Lipinski definition) is 5. The SMILES string of the molecule is COC(=O)[C@@]1(C)C2CC[C@@H]3[C@]4(CC[C@]5(C)[C@@H]([C@H](C)[C@H](O)C[C@@](O)(CO)C(C)C)CC[C@@]35C)C[C@]24[C@@H](O)C[C@@H]1O. The fourth-order valence-corrected chi connectivity index (χ4v) is 11.8. The van der Waals surface area contributed by atoms with E-state index in [9.17, 15) is 30.3 Å². The summed E-state index contributed by atoms with van der Waals surface area (Å²) in [6, 6.07) is 0. The number of carbonyl (C=O) groups is 1. The smallest absolute Gasteiger partial charge is 0.314 e. The number of methoxy groups -OCH3 is 1. The molecule has 13 atom stereocenters. The van der Waals surface area contributed by atoms with Gasteiger partial charge in [-0.15, -0.1) is 0 Å². The minimum Gasteiger partial charge on any atom is -0.469 e. The molecule has 7 nitrogen and oxygen atoms in total. The fraction of sp³-hybridized carbons (Fsp3) is 0.969. The molecule has 5 aliphatic carbocycles. The van der Waals surface area contributed by atoms with E-state index in [0.717, 1.165) is 44.9 Å². The van der Waals surface area contributed by atoms with Crippen LogP contribution in [0.4, 0.5) is 0 Å². The number of aliphatic hydroxyl groups excluding tert-OH is 4. The summed E-state index contributed by atoms with van der Waals surface area (Å²) in [5.74, 6) is 0.116. The van der Waals surface area contributed by atoms with E-state index in [1.165, 1.54) is 7.11 Å². The molecule has 0 aromatic carbocycles. The lowest BCUT2D eigenvalue weighted by molar-refractivity contribution is -0.213. The zero-order valence-electron chi connectivity index (χ0n) is 25.2. The van der Waals surface area contributed by atoms with Crippen LogP contribution < -0.4 is 0 Å². The van der Waals surface area contributed by atoms with Crippen LogP contribution in [-0.4, -0.2) is 69.1 Å². The van der Waals surface area contributed by atoms with E-state index in [1.54, 1.807) is 0 Å². The molecule has 0 bridgehead atoms. The minimum absolute atomic E-state index is 0.00904. The number of aliphatic hydroxyl groups is 5. The molecule has 5 N–H and O–H groups in total. The second-order valence-corrected chi connectivity index (χ2v) is 15.6. The lowest BCUT2D eigenvalue weighted by atomic mass is 9.41. The predicted octanol–water partition coefficient (Wildman–Crippen LogP) is 3.68. The van der Waals surface area contributed by atoms with Crippen molar-refractivity contribution in [1.29, 1.82) is 0 Å². The highest BCUT2D eigenvalue weighted by molar-refractivity contribution is 5.78. The van der Waals surface area contributed by atoms with Crippen molar-refractivity contribution in [3.63, 3.8) is 0 Å². The first-order valence-electron chi connectivity index (χ1n) is 15.5. The minimum atomic E-state index is -1.29. The Morgan fingerprint density at radius 2 is 1.62 bits per heavy atom. The van der Waals surface area contributed by atoms with Gasteiger partial charge in [0.1, 0.15) is 0 Å². The first kappa shape index (κ1) is 29.8. The maximum Gasteiger partial charge on any atom is 0.314 e. The maximum absolute atomic E-state index is 13.1. The molecule has 7 heteroatoms. The average molecular weight is 551 g/mol. The van der Waals surface area contributed by atoms with Gasteiger partial charge in [0, 0.05) is 18.3 Å². The molecule has 5 fully saturated rings. The number of ether oxygens (including phenoxy) is 1. The Morgan fingerprint density at radius 1 is 0.974 bits per heavy atom. The van der Waals surface area contributed by atoms with Crippen LogP contribution in [0.2, 0.25) is 0 Å². The van der Waals surface area contributed by atoms with Gasteiger partial charge in [0.05, 0.1) is 43.0 Å². The molecule has 1 unspecified atom stereocenters. The highest BCUT2D eigenvalue weighted by Gasteiger charge is 2.85. The van der Waals surface area contributed by atoms with Crippen LogP contribution in [0.1, 0.15) is 99.3 Å². The molecule has 0 aliphatic heterocycles. The number of rotatable bonds is 7. The topological polar surface area (TPSA) is 127 Å². The maximum atomic E-state index is 13.1. The highest BCUT2D eigenvalue weighted by atomic mass is 16.5. The van der Waals surface area contributed by atoms with Gasteiger partial charge in [0.2, 0.25) is 0 Å². The Balaban J connectivity index is 1.44. The van der Waals surface area contributed by atoms with Gasteiger partial charge in [-0.1, -0.05) is 34.6 Å². The third-order valence-electron chi connectivity index (χ3n) is 14.6. The van der Waals surface area contributed by atoms with Crippen LogP contribution in [0.15, 0.2) is 0 Å². The Hall–Kier alpha value is -0.730. The van der Waals surface area contributed by atoms with Crippen LogP contribution in [0.3, 0.4) is 0 Å². The summed E-state index contributed by atoms with van der Waals surface area (Å²) in [6.07, 6.45) is 4.97. The lowest BCUT2D eigenvalue weighted by Gasteiger charge is -2.63. The van der Waals surface area contributed by atoms with Crippen molar-refractivity contribution in [2.45, 2.75) is 123 Å². The monoisotopic (exact) mass is 550 g/mol. The van der Waals surface area contributed by atoms with Crippen molar-refractivity contribution in [2.75, 3.05) is 13.7 Å². The van der Waals surface area contributed by atoms with E-state index in [4.69, 9.17) is 4.74 Å². The third kappa shape index (κ3) is 3.49. The molecule has 0 aromatic heterocycles. The molecule has 2 spiro atoms. The van der Waals surface area contributed by atoms with Crippen LogP contribution in [0, 0.1) is 56.7 Å². The van der Waals surface area contributed by atoms with Gasteiger partial charge in [-0.2, -0.15) is 0 Å². The van der Waals surface area contributed by atoms with Crippen LogP contribution in [0.25, 0.3) is 0 Å². The average Bonchev–Trinajstić information content (AvgIpc) is 3.51. The second-order valence-electron chi connectivity index (χ2n) is 15.6. The third-order valence-corrected chi connectivity index (χ3v) is 14.6. The zero-order chi connectivity index (χ0) is 29.0. The van der Waals surface area contributed by atoms with E-state index < -0.39 is 29.3 Å². The van der Waals surface area contributed by atoms with Gasteiger partial charge >= 0.3 is 5.97 Å².